The lowest BCUT2D eigenvalue weighted by atomic mass is 10.2. The number of carbonyl (C=O) groups excluding carboxylic acids is 1. The molecule has 6 heteroatoms. The van der Waals surface area contributed by atoms with Gasteiger partial charge >= 0.3 is 0 Å². The minimum atomic E-state index is -0.501. The van der Waals surface area contributed by atoms with Crippen LogP contribution in [0.5, 0.6) is 5.75 Å². The van der Waals surface area contributed by atoms with Crippen LogP contribution in [0.25, 0.3) is 0 Å². The van der Waals surface area contributed by atoms with E-state index in [4.69, 9.17) is 27.9 Å². The van der Waals surface area contributed by atoms with Gasteiger partial charge in [-0.25, -0.2) is 4.39 Å². The van der Waals surface area contributed by atoms with Crippen molar-refractivity contribution >= 4 is 34.8 Å². The Morgan fingerprint density at radius 2 is 1.90 bits per heavy atom. The van der Waals surface area contributed by atoms with Gasteiger partial charge in [-0.05, 0) is 36.4 Å². The van der Waals surface area contributed by atoms with Gasteiger partial charge in [-0.1, -0.05) is 23.2 Å². The van der Waals surface area contributed by atoms with Crippen LogP contribution in [-0.2, 0) is 0 Å². The number of benzene rings is 2. The average Bonchev–Trinajstić information content (AvgIpc) is 2.38. The molecule has 0 saturated heterocycles. The molecule has 0 heterocycles. The molecule has 0 saturated carbocycles. The molecule has 3 nitrogen and oxygen atoms in total. The standard InChI is InChI=1S/C14H10Cl2FNO2/c1-20-13-5-3-9(7-12(13)16)18-14(19)10-4-2-8(17)6-11(10)15/h2-7H,1H3,(H,18,19). The van der Waals surface area contributed by atoms with E-state index in [2.05, 4.69) is 5.32 Å². The van der Waals surface area contributed by atoms with E-state index in [-0.39, 0.29) is 10.6 Å². The van der Waals surface area contributed by atoms with Crippen LogP contribution >= 0.6 is 23.2 Å². The van der Waals surface area contributed by atoms with Crippen LogP contribution in [-0.4, -0.2) is 13.0 Å². The Balaban J connectivity index is 2.21. The normalized spacial score (nSPS) is 10.2. The predicted octanol–water partition coefficient (Wildman–Crippen LogP) is 4.39. The fourth-order valence-corrected chi connectivity index (χ4v) is 2.13. The summed E-state index contributed by atoms with van der Waals surface area (Å²) in [5.41, 5.74) is 0.668. The minimum Gasteiger partial charge on any atom is -0.495 e. The van der Waals surface area contributed by atoms with Crippen LogP contribution in [0.3, 0.4) is 0 Å². The highest BCUT2D eigenvalue weighted by atomic mass is 35.5. The molecule has 0 radical (unpaired) electrons. The van der Waals surface area contributed by atoms with Gasteiger partial charge in [0.25, 0.3) is 5.91 Å². The van der Waals surface area contributed by atoms with E-state index in [9.17, 15) is 9.18 Å². The highest BCUT2D eigenvalue weighted by Crippen LogP contribution is 2.28. The van der Waals surface area contributed by atoms with Crippen molar-refractivity contribution in [1.82, 2.24) is 0 Å². The van der Waals surface area contributed by atoms with Gasteiger partial charge in [0.2, 0.25) is 0 Å². The highest BCUT2D eigenvalue weighted by Gasteiger charge is 2.12. The van der Waals surface area contributed by atoms with Crippen molar-refractivity contribution in [3.63, 3.8) is 0 Å². The molecule has 0 aliphatic heterocycles. The maximum absolute atomic E-state index is 12.9. The van der Waals surface area contributed by atoms with Gasteiger partial charge in [0, 0.05) is 5.69 Å². The van der Waals surface area contributed by atoms with Crippen molar-refractivity contribution in [2.45, 2.75) is 0 Å². The molecule has 2 aromatic rings. The van der Waals surface area contributed by atoms with Gasteiger partial charge in [-0.15, -0.1) is 0 Å². The van der Waals surface area contributed by atoms with E-state index >= 15 is 0 Å². The fourth-order valence-electron chi connectivity index (χ4n) is 1.62. The van der Waals surface area contributed by atoms with Gasteiger partial charge in [0.05, 0.1) is 22.7 Å². The molecule has 0 aliphatic rings. The summed E-state index contributed by atoms with van der Waals surface area (Å²) >= 11 is 11.8. The second-order valence-corrected chi connectivity index (χ2v) is 4.74. The molecule has 1 amide bonds. The number of ether oxygens (including phenoxy) is 1. The SMILES string of the molecule is COc1ccc(NC(=O)c2ccc(F)cc2Cl)cc1Cl. The molecule has 2 rings (SSSR count). The molecule has 0 aliphatic carbocycles. The summed E-state index contributed by atoms with van der Waals surface area (Å²) in [5.74, 6) is -0.445. The summed E-state index contributed by atoms with van der Waals surface area (Å²) in [6, 6.07) is 8.39. The Hall–Kier alpha value is -1.78. The van der Waals surface area contributed by atoms with E-state index in [0.29, 0.717) is 16.5 Å². The third-order valence-electron chi connectivity index (χ3n) is 2.59. The van der Waals surface area contributed by atoms with E-state index in [1.165, 1.54) is 19.2 Å². The number of amides is 1. The third-order valence-corrected chi connectivity index (χ3v) is 3.19. The van der Waals surface area contributed by atoms with Crippen LogP contribution in [0.15, 0.2) is 36.4 Å². The number of anilines is 1. The van der Waals surface area contributed by atoms with Crippen molar-refractivity contribution in [1.29, 1.82) is 0 Å². The molecular weight excluding hydrogens is 304 g/mol. The first kappa shape index (κ1) is 14.6. The van der Waals surface area contributed by atoms with E-state index in [0.717, 1.165) is 6.07 Å². The van der Waals surface area contributed by atoms with Crippen LogP contribution < -0.4 is 10.1 Å². The lowest BCUT2D eigenvalue weighted by Gasteiger charge is -2.09. The first-order valence-electron chi connectivity index (χ1n) is 5.61. The van der Waals surface area contributed by atoms with Crippen LogP contribution in [0.4, 0.5) is 10.1 Å². The highest BCUT2D eigenvalue weighted by molar-refractivity contribution is 6.34. The van der Waals surface area contributed by atoms with Crippen LogP contribution in [0.2, 0.25) is 10.0 Å². The molecule has 20 heavy (non-hydrogen) atoms. The first-order valence-corrected chi connectivity index (χ1v) is 6.37. The van der Waals surface area contributed by atoms with E-state index in [1.54, 1.807) is 18.2 Å². The number of hydrogen-bond acceptors (Lipinski definition) is 2. The quantitative estimate of drug-likeness (QED) is 0.912. The van der Waals surface area contributed by atoms with Crippen molar-refractivity contribution in [2.75, 3.05) is 12.4 Å². The fraction of sp³-hybridized carbons (Fsp3) is 0.0714. The third kappa shape index (κ3) is 3.21. The zero-order valence-electron chi connectivity index (χ0n) is 10.4. The van der Waals surface area contributed by atoms with Gasteiger partial charge in [-0.2, -0.15) is 0 Å². The number of hydrogen-bond donors (Lipinski definition) is 1. The summed E-state index contributed by atoms with van der Waals surface area (Å²) in [6.07, 6.45) is 0. The zero-order valence-corrected chi connectivity index (χ0v) is 11.9. The molecule has 0 atom stereocenters. The average molecular weight is 314 g/mol. The smallest absolute Gasteiger partial charge is 0.257 e. The Bertz CT molecular complexity index is 662. The van der Waals surface area contributed by atoms with Crippen molar-refractivity contribution in [3.8, 4) is 5.75 Å². The number of rotatable bonds is 3. The van der Waals surface area contributed by atoms with Crippen molar-refractivity contribution in [3.05, 3.63) is 57.8 Å². The second kappa shape index (κ2) is 6.11. The summed E-state index contributed by atoms with van der Waals surface area (Å²) in [4.78, 5) is 12.0. The summed E-state index contributed by atoms with van der Waals surface area (Å²) < 4.78 is 17.9. The molecule has 0 aromatic heterocycles. The molecule has 2 aromatic carbocycles. The predicted molar refractivity (Wildman–Crippen MR) is 77.4 cm³/mol. The van der Waals surface area contributed by atoms with E-state index in [1.807, 2.05) is 0 Å². The summed E-state index contributed by atoms with van der Waals surface area (Å²) in [5, 5.41) is 3.04. The Kier molecular flexibility index (Phi) is 4.47. The van der Waals surface area contributed by atoms with Crippen LogP contribution in [0.1, 0.15) is 10.4 Å². The monoisotopic (exact) mass is 313 g/mol. The van der Waals surface area contributed by atoms with Gasteiger partial charge in [0.1, 0.15) is 11.6 Å². The number of nitrogens with one attached hydrogen (secondary N) is 1. The molecule has 1 N–H and O–H groups in total. The Labute approximate surface area is 125 Å². The molecule has 0 bridgehead atoms. The lowest BCUT2D eigenvalue weighted by molar-refractivity contribution is 0.102. The van der Waals surface area contributed by atoms with Gasteiger partial charge < -0.3 is 10.1 Å². The number of halogens is 3. The topological polar surface area (TPSA) is 38.3 Å². The summed E-state index contributed by atoms with van der Waals surface area (Å²) in [6.45, 7) is 0. The van der Waals surface area contributed by atoms with Gasteiger partial charge in [0.15, 0.2) is 0 Å². The first-order chi connectivity index (χ1) is 9.51. The molecule has 0 unspecified atom stereocenters. The Morgan fingerprint density at radius 3 is 2.50 bits per heavy atom. The summed E-state index contributed by atoms with van der Waals surface area (Å²) in [7, 11) is 1.50. The molecule has 104 valence electrons. The molecule has 0 spiro atoms. The minimum absolute atomic E-state index is 0.0436. The lowest BCUT2D eigenvalue weighted by Crippen LogP contribution is -2.12. The van der Waals surface area contributed by atoms with Crippen molar-refractivity contribution in [2.24, 2.45) is 0 Å². The second-order valence-electron chi connectivity index (χ2n) is 3.93. The zero-order chi connectivity index (χ0) is 14.7. The molecule has 0 fully saturated rings. The largest absolute Gasteiger partial charge is 0.495 e. The maximum atomic E-state index is 12.9. The van der Waals surface area contributed by atoms with Crippen molar-refractivity contribution < 1.29 is 13.9 Å². The number of carbonyl (C=O) groups is 1. The number of methoxy groups -OCH3 is 1. The van der Waals surface area contributed by atoms with Gasteiger partial charge in [-0.3, -0.25) is 4.79 Å². The maximum Gasteiger partial charge on any atom is 0.257 e. The molecular formula is C14H10Cl2FNO2. The van der Waals surface area contributed by atoms with Crippen LogP contribution in [0, 0.1) is 5.82 Å². The Morgan fingerprint density at radius 1 is 1.15 bits per heavy atom. The van der Waals surface area contributed by atoms with E-state index < -0.39 is 11.7 Å².